The zero-order chi connectivity index (χ0) is 8.93. The Hall–Kier alpha value is -1.84. The summed E-state index contributed by atoms with van der Waals surface area (Å²) >= 11 is 0. The highest BCUT2D eigenvalue weighted by atomic mass is 16.3. The fourth-order valence-electron chi connectivity index (χ4n) is 0.985. The predicted octanol–water partition coefficient (Wildman–Crippen LogP) is 1.68. The number of nitrogens with zero attached hydrogens (tertiary/aromatic N) is 2. The van der Waals surface area contributed by atoms with E-state index < -0.39 is 0 Å². The fraction of sp³-hybridized carbons (Fsp3) is 0.111. The molecule has 0 aliphatic heterocycles. The highest BCUT2D eigenvalue weighted by molar-refractivity contribution is 5.39. The molecule has 0 radical (unpaired) electrons. The van der Waals surface area contributed by atoms with Gasteiger partial charge in [-0.1, -0.05) is 0 Å². The molecule has 0 atom stereocenters. The summed E-state index contributed by atoms with van der Waals surface area (Å²) in [6.07, 6.45) is 6.53. The first-order chi connectivity index (χ1) is 6.45. The van der Waals surface area contributed by atoms with Crippen molar-refractivity contribution in [2.75, 3.05) is 5.32 Å². The van der Waals surface area contributed by atoms with E-state index in [0.717, 1.165) is 11.4 Å². The van der Waals surface area contributed by atoms with Crippen molar-refractivity contribution < 1.29 is 4.42 Å². The molecule has 2 aromatic rings. The van der Waals surface area contributed by atoms with Gasteiger partial charge in [0.2, 0.25) is 0 Å². The number of anilines is 1. The second-order valence-electron chi connectivity index (χ2n) is 2.58. The highest BCUT2D eigenvalue weighted by Crippen LogP contribution is 2.04. The molecular weight excluding hydrogens is 166 g/mol. The first kappa shape index (κ1) is 7.79. The lowest BCUT2D eigenvalue weighted by Gasteiger charge is -2.01. The third-order valence-corrected chi connectivity index (χ3v) is 1.62. The van der Waals surface area contributed by atoms with Crippen LogP contribution in [0.4, 0.5) is 5.69 Å². The zero-order valence-corrected chi connectivity index (χ0v) is 6.97. The van der Waals surface area contributed by atoms with E-state index in [9.17, 15) is 0 Å². The maximum atomic E-state index is 4.84. The largest absolute Gasteiger partial charge is 0.451 e. The van der Waals surface area contributed by atoms with Crippen LogP contribution in [0.2, 0.25) is 0 Å². The number of hydrogen-bond donors (Lipinski definition) is 1. The molecule has 0 aliphatic rings. The van der Waals surface area contributed by atoms with Crippen LogP contribution in [0, 0.1) is 0 Å². The quantitative estimate of drug-likeness (QED) is 0.771. The number of rotatable bonds is 3. The van der Waals surface area contributed by atoms with Crippen LogP contribution in [-0.2, 0) is 6.54 Å². The van der Waals surface area contributed by atoms with Crippen molar-refractivity contribution in [2.45, 2.75) is 6.54 Å². The standard InChI is InChI=1S/C9H9N3O/c1-2-8(4-10-3-1)11-5-9-6-13-7-12-9/h1-4,6-7,11H,5H2. The molecule has 0 amide bonds. The molecule has 2 aromatic heterocycles. The number of pyridine rings is 1. The SMILES string of the molecule is c1cncc(NCc2cocn2)c1. The Balaban J connectivity index is 1.94. The van der Waals surface area contributed by atoms with Crippen LogP contribution in [0.1, 0.15) is 5.69 Å². The van der Waals surface area contributed by atoms with Gasteiger partial charge in [0.05, 0.1) is 17.9 Å². The number of nitrogens with one attached hydrogen (secondary N) is 1. The van der Waals surface area contributed by atoms with Crippen molar-refractivity contribution in [1.82, 2.24) is 9.97 Å². The molecule has 0 unspecified atom stereocenters. The van der Waals surface area contributed by atoms with Crippen molar-refractivity contribution >= 4 is 5.69 Å². The van der Waals surface area contributed by atoms with E-state index in [-0.39, 0.29) is 0 Å². The minimum absolute atomic E-state index is 0.655. The summed E-state index contributed by atoms with van der Waals surface area (Å²) in [5, 5.41) is 3.16. The van der Waals surface area contributed by atoms with Crippen LogP contribution in [0.15, 0.2) is 41.6 Å². The highest BCUT2D eigenvalue weighted by Gasteiger charge is 1.95. The van der Waals surface area contributed by atoms with Crippen LogP contribution in [0.25, 0.3) is 0 Å². The maximum absolute atomic E-state index is 4.84. The lowest BCUT2D eigenvalue weighted by atomic mass is 10.4. The van der Waals surface area contributed by atoms with Crippen molar-refractivity contribution in [3.63, 3.8) is 0 Å². The van der Waals surface area contributed by atoms with Crippen LogP contribution in [0.5, 0.6) is 0 Å². The molecule has 0 aromatic carbocycles. The van der Waals surface area contributed by atoms with E-state index in [0.29, 0.717) is 6.54 Å². The fourth-order valence-corrected chi connectivity index (χ4v) is 0.985. The van der Waals surface area contributed by atoms with Gasteiger partial charge in [0.25, 0.3) is 0 Å². The Morgan fingerprint density at radius 3 is 3.15 bits per heavy atom. The monoisotopic (exact) mass is 175 g/mol. The summed E-state index contributed by atoms with van der Waals surface area (Å²) in [4.78, 5) is 7.96. The summed E-state index contributed by atoms with van der Waals surface area (Å²) in [5.74, 6) is 0. The van der Waals surface area contributed by atoms with Gasteiger partial charge in [-0.15, -0.1) is 0 Å². The topological polar surface area (TPSA) is 51.0 Å². The van der Waals surface area contributed by atoms with Gasteiger partial charge in [0, 0.05) is 12.4 Å². The Morgan fingerprint density at radius 2 is 2.46 bits per heavy atom. The second-order valence-corrected chi connectivity index (χ2v) is 2.58. The summed E-state index contributed by atoms with van der Waals surface area (Å²) in [6, 6.07) is 3.83. The molecular formula is C9H9N3O. The molecule has 0 saturated heterocycles. The minimum Gasteiger partial charge on any atom is -0.451 e. The summed E-state index contributed by atoms with van der Waals surface area (Å²) < 4.78 is 4.84. The Labute approximate surface area is 75.6 Å². The van der Waals surface area contributed by atoms with Crippen LogP contribution >= 0.6 is 0 Å². The molecule has 66 valence electrons. The average molecular weight is 175 g/mol. The van der Waals surface area contributed by atoms with E-state index in [1.165, 1.54) is 6.39 Å². The Kier molecular flexibility index (Phi) is 2.22. The number of aromatic nitrogens is 2. The first-order valence-electron chi connectivity index (χ1n) is 3.96. The average Bonchev–Trinajstić information content (AvgIpc) is 2.69. The smallest absolute Gasteiger partial charge is 0.180 e. The van der Waals surface area contributed by atoms with E-state index in [1.54, 1.807) is 18.7 Å². The van der Waals surface area contributed by atoms with Gasteiger partial charge in [-0.3, -0.25) is 4.98 Å². The Bertz CT molecular complexity index is 344. The molecule has 0 saturated carbocycles. The minimum atomic E-state index is 0.655. The number of oxazole rings is 1. The van der Waals surface area contributed by atoms with Crippen molar-refractivity contribution in [1.29, 1.82) is 0 Å². The van der Waals surface area contributed by atoms with Gasteiger partial charge in [-0.05, 0) is 12.1 Å². The van der Waals surface area contributed by atoms with Gasteiger partial charge in [-0.2, -0.15) is 0 Å². The van der Waals surface area contributed by atoms with Crippen LogP contribution < -0.4 is 5.32 Å². The molecule has 2 heterocycles. The van der Waals surface area contributed by atoms with Gasteiger partial charge in [-0.25, -0.2) is 4.98 Å². The molecule has 4 nitrogen and oxygen atoms in total. The molecule has 13 heavy (non-hydrogen) atoms. The molecule has 2 rings (SSSR count). The molecule has 0 spiro atoms. The molecule has 0 bridgehead atoms. The van der Waals surface area contributed by atoms with Crippen molar-refractivity contribution in [3.05, 3.63) is 42.9 Å². The van der Waals surface area contributed by atoms with Crippen LogP contribution in [-0.4, -0.2) is 9.97 Å². The van der Waals surface area contributed by atoms with Crippen molar-refractivity contribution in [2.24, 2.45) is 0 Å². The summed E-state index contributed by atoms with van der Waals surface area (Å²) in [5.41, 5.74) is 1.86. The third-order valence-electron chi connectivity index (χ3n) is 1.62. The number of hydrogen-bond acceptors (Lipinski definition) is 4. The van der Waals surface area contributed by atoms with E-state index in [2.05, 4.69) is 15.3 Å². The summed E-state index contributed by atoms with van der Waals surface area (Å²) in [7, 11) is 0. The predicted molar refractivity (Wildman–Crippen MR) is 48.1 cm³/mol. The van der Waals surface area contributed by atoms with E-state index in [4.69, 9.17) is 4.42 Å². The first-order valence-corrected chi connectivity index (χ1v) is 3.96. The maximum Gasteiger partial charge on any atom is 0.180 e. The second kappa shape index (κ2) is 3.71. The van der Waals surface area contributed by atoms with E-state index in [1.807, 2.05) is 12.1 Å². The molecule has 0 fully saturated rings. The molecule has 4 heteroatoms. The van der Waals surface area contributed by atoms with Gasteiger partial charge in [0.15, 0.2) is 6.39 Å². The third kappa shape index (κ3) is 2.05. The van der Waals surface area contributed by atoms with Gasteiger partial charge < -0.3 is 9.73 Å². The van der Waals surface area contributed by atoms with Crippen LogP contribution in [0.3, 0.4) is 0 Å². The van der Waals surface area contributed by atoms with Gasteiger partial charge in [0.1, 0.15) is 6.26 Å². The summed E-state index contributed by atoms with van der Waals surface area (Å²) in [6.45, 7) is 0.655. The van der Waals surface area contributed by atoms with E-state index >= 15 is 0 Å². The van der Waals surface area contributed by atoms with Gasteiger partial charge >= 0.3 is 0 Å². The molecule has 0 aliphatic carbocycles. The van der Waals surface area contributed by atoms with Crippen molar-refractivity contribution in [3.8, 4) is 0 Å². The Morgan fingerprint density at radius 1 is 1.46 bits per heavy atom. The molecule has 1 N–H and O–H groups in total. The zero-order valence-electron chi connectivity index (χ0n) is 6.97. The normalized spacial score (nSPS) is 9.85. The lowest BCUT2D eigenvalue weighted by molar-refractivity contribution is 0.556. The lowest BCUT2D eigenvalue weighted by Crippen LogP contribution is -1.99.